The molecule has 0 bridgehead atoms. The zero-order valence-corrected chi connectivity index (χ0v) is 21.2. The molecule has 0 aromatic heterocycles. The highest BCUT2D eigenvalue weighted by Gasteiger charge is 2.15. The molecule has 7 nitrogen and oxygen atoms in total. The summed E-state index contributed by atoms with van der Waals surface area (Å²) in [5.74, 6) is 0.832. The van der Waals surface area contributed by atoms with Crippen LogP contribution in [0.1, 0.15) is 31.7 Å². The molecule has 2 rings (SSSR count). The maximum absolute atomic E-state index is 13.6. The molecular weight excluding hydrogens is 520 g/mol. The first-order chi connectivity index (χ1) is 13.8. The lowest BCUT2D eigenvalue weighted by Gasteiger charge is -2.30. The number of piperidine rings is 1. The predicted octanol–water partition coefficient (Wildman–Crippen LogP) is 2.78. The van der Waals surface area contributed by atoms with Crippen molar-refractivity contribution in [2.45, 2.75) is 33.1 Å². The van der Waals surface area contributed by atoms with E-state index in [-0.39, 0.29) is 42.0 Å². The molecule has 30 heavy (non-hydrogen) atoms. The van der Waals surface area contributed by atoms with Gasteiger partial charge in [0.05, 0.1) is 11.4 Å². The molecule has 1 aromatic carbocycles. The second-order valence-electron chi connectivity index (χ2n) is 7.69. The molecule has 1 aliphatic rings. The van der Waals surface area contributed by atoms with Gasteiger partial charge >= 0.3 is 0 Å². The fraction of sp³-hybridized carbons (Fsp3) is 0.650. The molecule has 0 saturated carbocycles. The highest BCUT2D eigenvalue weighted by Crippen LogP contribution is 2.16. The van der Waals surface area contributed by atoms with Gasteiger partial charge in [-0.1, -0.05) is 13.0 Å². The van der Waals surface area contributed by atoms with E-state index in [0.29, 0.717) is 11.5 Å². The zero-order chi connectivity index (χ0) is 21.3. The number of nitrogens with zero attached hydrogens (tertiary/aromatic N) is 2. The van der Waals surface area contributed by atoms with Gasteiger partial charge in [0.2, 0.25) is 10.0 Å². The Morgan fingerprint density at radius 3 is 2.53 bits per heavy atom. The van der Waals surface area contributed by atoms with Crippen molar-refractivity contribution in [3.63, 3.8) is 0 Å². The zero-order valence-electron chi connectivity index (χ0n) is 18.1. The van der Waals surface area contributed by atoms with Crippen LogP contribution in [0.5, 0.6) is 0 Å². The third-order valence-corrected chi connectivity index (χ3v) is 6.44. The molecule has 0 amide bonds. The summed E-state index contributed by atoms with van der Waals surface area (Å²) < 4.78 is 40.3. The molecule has 1 aliphatic heterocycles. The van der Waals surface area contributed by atoms with Gasteiger partial charge in [-0.15, -0.1) is 24.0 Å². The molecule has 0 atom stereocenters. The van der Waals surface area contributed by atoms with E-state index in [0.717, 1.165) is 25.4 Å². The summed E-state index contributed by atoms with van der Waals surface area (Å²) in [6, 6.07) is 4.28. The van der Waals surface area contributed by atoms with E-state index in [1.165, 1.54) is 32.0 Å². The molecule has 10 heteroatoms. The van der Waals surface area contributed by atoms with Crippen molar-refractivity contribution < 1.29 is 12.8 Å². The van der Waals surface area contributed by atoms with E-state index in [1.54, 1.807) is 26.1 Å². The van der Waals surface area contributed by atoms with Gasteiger partial charge in [0, 0.05) is 20.1 Å². The first-order valence-electron chi connectivity index (χ1n) is 10.2. The smallest absolute Gasteiger partial charge is 0.234 e. The van der Waals surface area contributed by atoms with Crippen LogP contribution in [-0.4, -0.2) is 64.8 Å². The van der Waals surface area contributed by atoms with E-state index in [9.17, 15) is 12.8 Å². The van der Waals surface area contributed by atoms with Gasteiger partial charge in [0.25, 0.3) is 0 Å². The number of sulfonamides is 1. The van der Waals surface area contributed by atoms with Crippen molar-refractivity contribution in [1.82, 2.24) is 15.5 Å². The van der Waals surface area contributed by atoms with Crippen molar-refractivity contribution in [2.75, 3.05) is 50.2 Å². The van der Waals surface area contributed by atoms with E-state index in [4.69, 9.17) is 0 Å². The lowest BCUT2D eigenvalue weighted by molar-refractivity contribution is 0.191. The van der Waals surface area contributed by atoms with Crippen molar-refractivity contribution >= 4 is 45.6 Å². The summed E-state index contributed by atoms with van der Waals surface area (Å²) in [5, 5.41) is 6.22. The maximum Gasteiger partial charge on any atom is 0.234 e. The van der Waals surface area contributed by atoms with Crippen LogP contribution < -0.4 is 15.4 Å². The molecule has 1 aromatic rings. The number of hydrogen-bond donors (Lipinski definition) is 3. The third kappa shape index (κ3) is 9.78. The second kappa shape index (κ2) is 13.3. The van der Waals surface area contributed by atoms with Crippen LogP contribution in [-0.2, 0) is 10.0 Å². The van der Waals surface area contributed by atoms with Gasteiger partial charge in [-0.3, -0.25) is 9.71 Å². The lowest BCUT2D eigenvalue weighted by Crippen LogP contribution is -2.41. The Kier molecular flexibility index (Phi) is 11.9. The Bertz CT molecular complexity index is 783. The summed E-state index contributed by atoms with van der Waals surface area (Å²) in [6.45, 7) is 8.31. The normalized spacial score (nSPS) is 16.1. The Morgan fingerprint density at radius 1 is 1.23 bits per heavy atom. The number of hydrogen-bond acceptors (Lipinski definition) is 4. The van der Waals surface area contributed by atoms with Gasteiger partial charge in [0.15, 0.2) is 5.96 Å². The first kappa shape index (κ1) is 26.9. The van der Waals surface area contributed by atoms with Crippen LogP contribution in [0.25, 0.3) is 0 Å². The number of aliphatic imine (C=N–C) groups is 1. The van der Waals surface area contributed by atoms with Crippen molar-refractivity contribution in [2.24, 2.45) is 10.9 Å². The third-order valence-electron chi connectivity index (χ3n) is 5.15. The minimum Gasteiger partial charge on any atom is -0.356 e. The van der Waals surface area contributed by atoms with Crippen LogP contribution in [0.2, 0.25) is 0 Å². The summed E-state index contributed by atoms with van der Waals surface area (Å²) in [7, 11) is -1.93. The summed E-state index contributed by atoms with van der Waals surface area (Å²) in [4.78, 5) is 6.61. The fourth-order valence-electron chi connectivity index (χ4n) is 3.21. The number of anilines is 1. The van der Waals surface area contributed by atoms with E-state index >= 15 is 0 Å². The standard InChI is InChI=1S/C20H34FN5O2S.HI/c1-16-7-12-26(13-8-16)11-4-9-23-20(22-3)24-10-14-29(27,28)25-18-6-5-17(2)19(21)15-18;/h5-6,15-16,25H,4,7-14H2,1-3H3,(H2,22,23,24);1H. The number of halogens is 2. The molecule has 0 aliphatic carbocycles. The largest absolute Gasteiger partial charge is 0.356 e. The van der Waals surface area contributed by atoms with Gasteiger partial charge in [-0.2, -0.15) is 0 Å². The average molecular weight is 556 g/mol. The van der Waals surface area contributed by atoms with Crippen LogP contribution >= 0.6 is 24.0 Å². The molecule has 1 saturated heterocycles. The van der Waals surface area contributed by atoms with Gasteiger partial charge in [-0.25, -0.2) is 12.8 Å². The monoisotopic (exact) mass is 555 g/mol. The number of nitrogens with one attached hydrogen (secondary N) is 3. The topological polar surface area (TPSA) is 85.8 Å². The minimum absolute atomic E-state index is 0. The molecule has 1 heterocycles. The minimum atomic E-state index is -3.58. The summed E-state index contributed by atoms with van der Waals surface area (Å²) >= 11 is 0. The fourth-order valence-corrected chi connectivity index (χ4v) is 4.17. The Balaban J connectivity index is 0.00000450. The van der Waals surface area contributed by atoms with Crippen LogP contribution in [0.3, 0.4) is 0 Å². The summed E-state index contributed by atoms with van der Waals surface area (Å²) in [5.41, 5.74) is 0.696. The molecule has 3 N–H and O–H groups in total. The second-order valence-corrected chi connectivity index (χ2v) is 9.53. The molecule has 172 valence electrons. The molecule has 0 unspecified atom stereocenters. The van der Waals surface area contributed by atoms with Crippen LogP contribution in [0.15, 0.2) is 23.2 Å². The molecule has 0 spiro atoms. The SMILES string of the molecule is CN=C(NCCCN1CCC(C)CC1)NCCS(=O)(=O)Nc1ccc(C)c(F)c1.I. The number of aryl methyl sites for hydroxylation is 1. The van der Waals surface area contributed by atoms with E-state index < -0.39 is 15.8 Å². The Hall–Kier alpha value is -1.14. The average Bonchev–Trinajstić information content (AvgIpc) is 2.67. The quantitative estimate of drug-likeness (QED) is 0.189. The Morgan fingerprint density at radius 2 is 1.90 bits per heavy atom. The number of benzene rings is 1. The van der Waals surface area contributed by atoms with E-state index in [1.807, 2.05) is 0 Å². The molecule has 0 radical (unpaired) electrons. The highest BCUT2D eigenvalue weighted by molar-refractivity contribution is 14.0. The van der Waals surface area contributed by atoms with Crippen molar-refractivity contribution in [3.05, 3.63) is 29.6 Å². The lowest BCUT2D eigenvalue weighted by atomic mass is 9.99. The van der Waals surface area contributed by atoms with E-state index in [2.05, 4.69) is 32.2 Å². The van der Waals surface area contributed by atoms with Gasteiger partial charge in [-0.05, 0) is 69.4 Å². The molecular formula is C20H35FIN5O2S. The molecule has 1 fully saturated rings. The predicted molar refractivity (Wildman–Crippen MR) is 133 cm³/mol. The number of rotatable bonds is 9. The maximum atomic E-state index is 13.6. The first-order valence-corrected chi connectivity index (χ1v) is 11.9. The van der Waals surface area contributed by atoms with Crippen LogP contribution in [0.4, 0.5) is 10.1 Å². The van der Waals surface area contributed by atoms with Crippen molar-refractivity contribution in [1.29, 1.82) is 0 Å². The number of likely N-dealkylation sites (tertiary alicyclic amines) is 1. The highest BCUT2D eigenvalue weighted by atomic mass is 127. The van der Waals surface area contributed by atoms with Gasteiger partial charge in [0.1, 0.15) is 5.82 Å². The number of guanidine groups is 1. The Labute approximate surface area is 197 Å². The van der Waals surface area contributed by atoms with Crippen LogP contribution in [0, 0.1) is 18.7 Å². The van der Waals surface area contributed by atoms with Crippen molar-refractivity contribution in [3.8, 4) is 0 Å². The van der Waals surface area contributed by atoms with Gasteiger partial charge < -0.3 is 15.5 Å². The summed E-state index contributed by atoms with van der Waals surface area (Å²) in [6.07, 6.45) is 3.55.